The van der Waals surface area contributed by atoms with Crippen molar-refractivity contribution in [2.75, 3.05) is 11.9 Å². The van der Waals surface area contributed by atoms with E-state index in [2.05, 4.69) is 10.6 Å². The number of anilines is 1. The third-order valence-corrected chi connectivity index (χ3v) is 3.41. The minimum atomic E-state index is -1.02. The third-order valence-electron chi connectivity index (χ3n) is 3.41. The van der Waals surface area contributed by atoms with E-state index < -0.39 is 17.4 Å². The molecule has 6 heteroatoms. The van der Waals surface area contributed by atoms with E-state index in [1.165, 1.54) is 12.1 Å². The van der Waals surface area contributed by atoms with Gasteiger partial charge in [0.15, 0.2) is 0 Å². The second-order valence-corrected chi connectivity index (χ2v) is 6.13. The molecule has 0 aliphatic carbocycles. The van der Waals surface area contributed by atoms with Gasteiger partial charge in [0.05, 0.1) is 17.4 Å². The molecule has 0 saturated heterocycles. The van der Waals surface area contributed by atoms with Crippen molar-refractivity contribution < 1.29 is 19.0 Å². The smallest absolute Gasteiger partial charge is 0.319 e. The van der Waals surface area contributed by atoms with Gasteiger partial charge in [0.25, 0.3) is 0 Å². The van der Waals surface area contributed by atoms with Crippen LogP contribution < -0.4 is 15.4 Å². The molecular formula is C16H25FN2O3. The lowest BCUT2D eigenvalue weighted by Gasteiger charge is -2.27. The molecule has 3 N–H and O–H groups in total. The van der Waals surface area contributed by atoms with Crippen LogP contribution in [0, 0.1) is 11.7 Å². The fraction of sp³-hybridized carbons (Fsp3) is 0.562. The van der Waals surface area contributed by atoms with E-state index in [4.69, 9.17) is 4.74 Å². The molecule has 0 bridgehead atoms. The second kappa shape index (κ2) is 7.45. The fourth-order valence-electron chi connectivity index (χ4n) is 1.57. The summed E-state index contributed by atoms with van der Waals surface area (Å²) in [6.45, 7) is 9.11. The SMILES string of the molecule is CC(C)Oc1ccc(NC(=O)NCC(C)(O)C(C)C)c(F)c1. The summed E-state index contributed by atoms with van der Waals surface area (Å²) in [4.78, 5) is 11.8. The zero-order valence-corrected chi connectivity index (χ0v) is 13.7. The predicted molar refractivity (Wildman–Crippen MR) is 84.6 cm³/mol. The topological polar surface area (TPSA) is 70.6 Å². The van der Waals surface area contributed by atoms with Crippen LogP contribution in [0.3, 0.4) is 0 Å². The zero-order chi connectivity index (χ0) is 16.9. The summed E-state index contributed by atoms with van der Waals surface area (Å²) in [7, 11) is 0. The Morgan fingerprint density at radius 3 is 2.50 bits per heavy atom. The number of ether oxygens (including phenoxy) is 1. The number of urea groups is 1. The highest BCUT2D eigenvalue weighted by Crippen LogP contribution is 2.21. The number of carbonyl (C=O) groups is 1. The molecule has 2 amide bonds. The van der Waals surface area contributed by atoms with Crippen molar-refractivity contribution in [3.63, 3.8) is 0 Å². The zero-order valence-electron chi connectivity index (χ0n) is 13.7. The van der Waals surface area contributed by atoms with Crippen molar-refractivity contribution in [2.24, 2.45) is 5.92 Å². The number of amides is 2. The molecule has 1 atom stereocenters. The Morgan fingerprint density at radius 1 is 1.36 bits per heavy atom. The van der Waals surface area contributed by atoms with Crippen LogP contribution in [0.5, 0.6) is 5.75 Å². The lowest BCUT2D eigenvalue weighted by Crippen LogP contribution is -2.45. The van der Waals surface area contributed by atoms with E-state index in [0.29, 0.717) is 5.75 Å². The highest BCUT2D eigenvalue weighted by molar-refractivity contribution is 5.89. The lowest BCUT2D eigenvalue weighted by molar-refractivity contribution is 0.0170. The van der Waals surface area contributed by atoms with Crippen LogP contribution in [0.25, 0.3) is 0 Å². The molecule has 0 aromatic heterocycles. The van der Waals surface area contributed by atoms with Crippen molar-refractivity contribution in [1.82, 2.24) is 5.32 Å². The lowest BCUT2D eigenvalue weighted by atomic mass is 9.93. The van der Waals surface area contributed by atoms with E-state index >= 15 is 0 Å². The number of carbonyl (C=O) groups excluding carboxylic acids is 1. The Labute approximate surface area is 130 Å². The molecule has 0 radical (unpaired) electrons. The maximum absolute atomic E-state index is 13.9. The van der Waals surface area contributed by atoms with E-state index in [0.717, 1.165) is 0 Å². The molecular weight excluding hydrogens is 287 g/mol. The van der Waals surface area contributed by atoms with Gasteiger partial charge in [0.2, 0.25) is 0 Å². The highest BCUT2D eigenvalue weighted by atomic mass is 19.1. The summed E-state index contributed by atoms with van der Waals surface area (Å²) >= 11 is 0. The van der Waals surface area contributed by atoms with Crippen LogP contribution in [-0.2, 0) is 0 Å². The first-order valence-corrected chi connectivity index (χ1v) is 7.35. The standard InChI is InChI=1S/C16H25FN2O3/c1-10(2)16(5,21)9-18-15(20)19-14-7-6-12(8-13(14)17)22-11(3)4/h6-8,10-11,21H,9H2,1-5H3,(H2,18,19,20). The first kappa shape index (κ1) is 18.2. The van der Waals surface area contributed by atoms with Gasteiger partial charge in [0.1, 0.15) is 11.6 Å². The van der Waals surface area contributed by atoms with Gasteiger partial charge in [-0.05, 0) is 38.8 Å². The van der Waals surface area contributed by atoms with Crippen LogP contribution in [-0.4, -0.2) is 29.4 Å². The Bertz CT molecular complexity index is 516. The average Bonchev–Trinajstić information content (AvgIpc) is 2.39. The molecule has 1 aromatic rings. The Kier molecular flexibility index (Phi) is 6.17. The maximum Gasteiger partial charge on any atom is 0.319 e. The summed E-state index contributed by atoms with van der Waals surface area (Å²) in [6, 6.07) is 3.67. The first-order valence-electron chi connectivity index (χ1n) is 7.35. The molecule has 0 saturated carbocycles. The van der Waals surface area contributed by atoms with Crippen LogP contribution >= 0.6 is 0 Å². The normalized spacial score (nSPS) is 13.9. The summed E-state index contributed by atoms with van der Waals surface area (Å²) < 4.78 is 19.3. The van der Waals surface area contributed by atoms with Crippen LogP contribution in [0.4, 0.5) is 14.9 Å². The molecule has 5 nitrogen and oxygen atoms in total. The number of halogens is 1. The number of rotatable bonds is 6. The van der Waals surface area contributed by atoms with Gasteiger partial charge in [-0.2, -0.15) is 0 Å². The molecule has 1 unspecified atom stereocenters. The Hall–Kier alpha value is -1.82. The molecule has 0 heterocycles. The Balaban J connectivity index is 2.61. The maximum atomic E-state index is 13.9. The van der Waals surface area contributed by atoms with Crippen molar-refractivity contribution in [1.29, 1.82) is 0 Å². The van der Waals surface area contributed by atoms with Gasteiger partial charge in [-0.15, -0.1) is 0 Å². The number of nitrogens with one attached hydrogen (secondary N) is 2. The van der Waals surface area contributed by atoms with Crippen LogP contribution in [0.1, 0.15) is 34.6 Å². The molecule has 0 aliphatic rings. The minimum Gasteiger partial charge on any atom is -0.491 e. The number of hydrogen-bond donors (Lipinski definition) is 3. The first-order chi connectivity index (χ1) is 10.1. The molecule has 0 spiro atoms. The summed E-state index contributed by atoms with van der Waals surface area (Å²) in [5.74, 6) is -0.192. The molecule has 1 aromatic carbocycles. The van der Waals surface area contributed by atoms with Gasteiger partial charge in [-0.25, -0.2) is 9.18 Å². The highest BCUT2D eigenvalue weighted by Gasteiger charge is 2.25. The largest absolute Gasteiger partial charge is 0.491 e. The van der Waals surface area contributed by atoms with E-state index in [-0.39, 0.29) is 24.3 Å². The van der Waals surface area contributed by atoms with Gasteiger partial charge in [-0.3, -0.25) is 0 Å². The van der Waals surface area contributed by atoms with Crippen molar-refractivity contribution >= 4 is 11.7 Å². The predicted octanol–water partition coefficient (Wildman–Crippen LogP) is 3.14. The average molecular weight is 312 g/mol. The Morgan fingerprint density at radius 2 is 2.00 bits per heavy atom. The molecule has 124 valence electrons. The van der Waals surface area contributed by atoms with E-state index in [1.54, 1.807) is 13.0 Å². The second-order valence-electron chi connectivity index (χ2n) is 6.13. The molecule has 22 heavy (non-hydrogen) atoms. The van der Waals surface area contributed by atoms with Crippen LogP contribution in [0.2, 0.25) is 0 Å². The summed E-state index contributed by atoms with van der Waals surface area (Å²) in [5.41, 5.74) is -0.969. The summed E-state index contributed by atoms with van der Waals surface area (Å²) in [5, 5.41) is 15.0. The van der Waals surface area contributed by atoms with Gasteiger partial charge < -0.3 is 20.5 Å². The van der Waals surface area contributed by atoms with Crippen molar-refractivity contribution in [3.8, 4) is 5.75 Å². The number of aliphatic hydroxyl groups is 1. The third kappa shape index (κ3) is 5.52. The molecule has 1 rings (SSSR count). The minimum absolute atomic E-state index is 0.0167. The van der Waals surface area contributed by atoms with E-state index in [9.17, 15) is 14.3 Å². The number of benzene rings is 1. The molecule has 0 aliphatic heterocycles. The van der Waals surface area contributed by atoms with Crippen molar-refractivity contribution in [3.05, 3.63) is 24.0 Å². The van der Waals surface area contributed by atoms with Gasteiger partial charge >= 0.3 is 6.03 Å². The number of hydrogen-bond acceptors (Lipinski definition) is 3. The monoisotopic (exact) mass is 312 g/mol. The van der Waals surface area contributed by atoms with Crippen molar-refractivity contribution in [2.45, 2.75) is 46.3 Å². The van der Waals surface area contributed by atoms with Gasteiger partial charge in [0, 0.05) is 12.6 Å². The fourth-order valence-corrected chi connectivity index (χ4v) is 1.57. The quantitative estimate of drug-likeness (QED) is 0.756. The van der Waals surface area contributed by atoms with E-state index in [1.807, 2.05) is 27.7 Å². The summed E-state index contributed by atoms with van der Waals surface area (Å²) in [6.07, 6.45) is -0.0558. The van der Waals surface area contributed by atoms with Gasteiger partial charge in [-0.1, -0.05) is 13.8 Å². The molecule has 0 fully saturated rings. The van der Waals surface area contributed by atoms with Crippen LogP contribution in [0.15, 0.2) is 18.2 Å².